The van der Waals surface area contributed by atoms with Crippen LogP contribution in [0, 0.1) is 0 Å². The van der Waals surface area contributed by atoms with Gasteiger partial charge in [0.05, 0.1) is 11.8 Å². The number of carbonyl (C=O) groups excluding carboxylic acids is 3. The number of aliphatic carboxylic acids is 1. The molecule has 0 bridgehead atoms. The van der Waals surface area contributed by atoms with Crippen LogP contribution in [-0.4, -0.2) is 77.5 Å². The molecule has 0 aliphatic carbocycles. The number of carboxylic acids is 1. The van der Waals surface area contributed by atoms with Gasteiger partial charge in [-0.05, 0) is 37.6 Å². The number of aromatic nitrogens is 2. The van der Waals surface area contributed by atoms with Crippen LogP contribution >= 0.6 is 0 Å². The van der Waals surface area contributed by atoms with E-state index in [1.54, 1.807) is 50.5 Å². The van der Waals surface area contributed by atoms with Crippen LogP contribution in [0.4, 0.5) is 22.2 Å². The Hall–Kier alpha value is -5.00. The van der Waals surface area contributed by atoms with Crippen LogP contribution < -0.4 is 20.3 Å². The third-order valence-electron chi connectivity index (χ3n) is 5.95. The minimum Gasteiger partial charge on any atom is -0.480 e. The fourth-order valence-electron chi connectivity index (χ4n) is 3.72. The van der Waals surface area contributed by atoms with Gasteiger partial charge in [-0.1, -0.05) is 30.3 Å². The van der Waals surface area contributed by atoms with Gasteiger partial charge in [-0.3, -0.25) is 9.59 Å². The van der Waals surface area contributed by atoms with Crippen molar-refractivity contribution in [1.82, 2.24) is 14.9 Å². The first-order valence-corrected chi connectivity index (χ1v) is 12.6. The van der Waals surface area contributed by atoms with Gasteiger partial charge in [0.25, 0.3) is 5.91 Å². The number of hydrogen-bond acceptors (Lipinski definition) is 9. The van der Waals surface area contributed by atoms with Gasteiger partial charge in [-0.15, -0.1) is 0 Å². The Morgan fingerprint density at radius 2 is 1.73 bits per heavy atom. The number of aldehydes is 1. The predicted octanol–water partition coefficient (Wildman–Crippen LogP) is 3.56. The molecule has 12 nitrogen and oxygen atoms in total. The molecule has 3 N–H and O–H groups in total. The molecule has 0 aliphatic rings. The maximum Gasteiger partial charge on any atom is 0.414 e. The molecular formula is C28H32N6O6. The maximum atomic E-state index is 13.0. The zero-order valence-corrected chi connectivity index (χ0v) is 22.7. The Kier molecular flexibility index (Phi) is 10.1. The van der Waals surface area contributed by atoms with Gasteiger partial charge in [-0.25, -0.2) is 14.6 Å². The highest BCUT2D eigenvalue weighted by Gasteiger charge is 2.23. The third kappa shape index (κ3) is 7.53. The number of anilines is 3. The molecule has 2 amide bonds. The first-order valence-electron chi connectivity index (χ1n) is 12.6. The van der Waals surface area contributed by atoms with Gasteiger partial charge in [-0.2, -0.15) is 4.98 Å². The lowest BCUT2D eigenvalue weighted by atomic mass is 10.1. The Balaban J connectivity index is 1.89. The van der Waals surface area contributed by atoms with Gasteiger partial charge in [0, 0.05) is 39.2 Å². The van der Waals surface area contributed by atoms with Crippen molar-refractivity contribution in [3.05, 3.63) is 71.4 Å². The summed E-state index contributed by atoms with van der Waals surface area (Å²) < 4.78 is 5.21. The zero-order chi connectivity index (χ0) is 29.2. The van der Waals surface area contributed by atoms with Crippen molar-refractivity contribution in [3.63, 3.8) is 0 Å². The second-order valence-electron chi connectivity index (χ2n) is 8.91. The van der Waals surface area contributed by atoms with Gasteiger partial charge in [0.15, 0.2) is 12.1 Å². The molecule has 1 atom stereocenters. The maximum absolute atomic E-state index is 13.0. The number of carboxylic acid groups (broad SMARTS) is 1. The first-order chi connectivity index (χ1) is 19.2. The highest BCUT2D eigenvalue weighted by atomic mass is 16.6. The van der Waals surface area contributed by atoms with E-state index in [0.29, 0.717) is 36.6 Å². The van der Waals surface area contributed by atoms with Crippen LogP contribution in [0.1, 0.15) is 40.1 Å². The van der Waals surface area contributed by atoms with Crippen LogP contribution in [0.5, 0.6) is 5.75 Å². The van der Waals surface area contributed by atoms with E-state index in [0.717, 1.165) is 0 Å². The van der Waals surface area contributed by atoms with Crippen LogP contribution in [0.25, 0.3) is 0 Å². The summed E-state index contributed by atoms with van der Waals surface area (Å²) in [6.45, 7) is 5.10. The standard InChI is InChI=1S/C28H32N6O6/c1-5-34(6-2)27-29-16-23(31-25(36)21-10-8-7-9-19(21)17-35)24(32-27)30-22(26(37)38)15-18-11-13-20(14-12-18)40-28(39)33(3)4/h7-14,16-17,22H,5-6,15H2,1-4H3,(H,31,36)(H,37,38)(H,29,30,32)/t22-/m0/s1. The Bertz CT molecular complexity index is 1360. The number of rotatable bonds is 12. The summed E-state index contributed by atoms with van der Waals surface area (Å²) in [6, 6.07) is 11.7. The van der Waals surface area contributed by atoms with Gasteiger partial charge >= 0.3 is 12.1 Å². The minimum absolute atomic E-state index is 0.0587. The molecule has 3 rings (SSSR count). The van der Waals surface area contributed by atoms with Crippen molar-refractivity contribution in [3.8, 4) is 5.75 Å². The van der Waals surface area contributed by atoms with Crippen LogP contribution in [0.2, 0.25) is 0 Å². The van der Waals surface area contributed by atoms with E-state index in [-0.39, 0.29) is 29.1 Å². The highest BCUT2D eigenvalue weighted by molar-refractivity contribution is 6.09. The molecule has 0 aliphatic heterocycles. The summed E-state index contributed by atoms with van der Waals surface area (Å²) >= 11 is 0. The molecule has 0 saturated carbocycles. The topological polar surface area (TPSA) is 154 Å². The number of nitrogens with one attached hydrogen (secondary N) is 2. The van der Waals surface area contributed by atoms with Crippen LogP contribution in [-0.2, 0) is 11.2 Å². The molecule has 12 heteroatoms. The molecular weight excluding hydrogens is 516 g/mol. The molecule has 0 fully saturated rings. The van der Waals surface area contributed by atoms with E-state index in [1.807, 2.05) is 18.7 Å². The van der Waals surface area contributed by atoms with E-state index < -0.39 is 24.0 Å². The lowest BCUT2D eigenvalue weighted by molar-refractivity contribution is -0.137. The SMILES string of the molecule is CCN(CC)c1ncc(NC(=O)c2ccccc2C=O)c(N[C@@H](Cc2ccc(OC(=O)N(C)C)cc2)C(=O)O)n1. The van der Waals surface area contributed by atoms with E-state index in [4.69, 9.17) is 4.74 Å². The van der Waals surface area contributed by atoms with Crippen LogP contribution in [0.3, 0.4) is 0 Å². The molecule has 40 heavy (non-hydrogen) atoms. The molecule has 0 saturated heterocycles. The number of amides is 2. The predicted molar refractivity (Wildman–Crippen MR) is 150 cm³/mol. The van der Waals surface area contributed by atoms with E-state index in [1.165, 1.54) is 23.2 Å². The molecule has 1 heterocycles. The highest BCUT2D eigenvalue weighted by Crippen LogP contribution is 2.25. The number of ether oxygens (including phenoxy) is 1. The second-order valence-corrected chi connectivity index (χ2v) is 8.91. The molecule has 2 aromatic carbocycles. The first kappa shape index (κ1) is 29.6. The van der Waals surface area contributed by atoms with Crippen molar-refractivity contribution in [1.29, 1.82) is 0 Å². The molecule has 210 valence electrons. The van der Waals surface area contributed by atoms with Crippen molar-refractivity contribution < 1.29 is 29.0 Å². The number of nitrogens with zero attached hydrogens (tertiary/aromatic N) is 4. The largest absolute Gasteiger partial charge is 0.480 e. The van der Waals surface area contributed by atoms with Crippen molar-refractivity contribution >= 4 is 41.7 Å². The van der Waals surface area contributed by atoms with Crippen LogP contribution in [0.15, 0.2) is 54.7 Å². The van der Waals surface area contributed by atoms with Gasteiger partial charge in [0.2, 0.25) is 5.95 Å². The number of carbonyl (C=O) groups is 4. The van der Waals surface area contributed by atoms with E-state index in [9.17, 15) is 24.3 Å². The normalized spacial score (nSPS) is 11.2. The quantitative estimate of drug-likeness (QED) is 0.286. The molecule has 0 radical (unpaired) electrons. The van der Waals surface area contributed by atoms with E-state index in [2.05, 4.69) is 20.6 Å². The Labute approximate surface area is 232 Å². The summed E-state index contributed by atoms with van der Waals surface area (Å²) in [5.74, 6) is -0.926. The fourth-order valence-corrected chi connectivity index (χ4v) is 3.72. The van der Waals surface area contributed by atoms with E-state index >= 15 is 0 Å². The summed E-state index contributed by atoms with van der Waals surface area (Å²) in [4.78, 5) is 60.5. The lowest BCUT2D eigenvalue weighted by Gasteiger charge is -2.22. The summed E-state index contributed by atoms with van der Waals surface area (Å²) in [6.07, 6.45) is 1.51. The van der Waals surface area contributed by atoms with Crippen molar-refractivity contribution in [2.45, 2.75) is 26.3 Å². The number of hydrogen-bond donors (Lipinski definition) is 3. The summed E-state index contributed by atoms with van der Waals surface area (Å²) in [5.41, 5.74) is 1.17. The Morgan fingerprint density at radius 1 is 1.05 bits per heavy atom. The monoisotopic (exact) mass is 548 g/mol. The zero-order valence-electron chi connectivity index (χ0n) is 22.7. The van der Waals surface area contributed by atoms with Crippen molar-refractivity contribution in [2.24, 2.45) is 0 Å². The molecule has 3 aromatic rings. The third-order valence-corrected chi connectivity index (χ3v) is 5.95. The van der Waals surface area contributed by atoms with Crippen molar-refractivity contribution in [2.75, 3.05) is 42.7 Å². The van der Waals surface area contributed by atoms with Gasteiger partial charge < -0.3 is 30.3 Å². The molecule has 0 spiro atoms. The number of benzene rings is 2. The van der Waals surface area contributed by atoms with Gasteiger partial charge in [0.1, 0.15) is 17.5 Å². The summed E-state index contributed by atoms with van der Waals surface area (Å²) in [5, 5.41) is 15.6. The fraction of sp³-hybridized carbons (Fsp3) is 0.286. The molecule has 1 aromatic heterocycles. The smallest absolute Gasteiger partial charge is 0.414 e. The second kappa shape index (κ2) is 13.7. The summed E-state index contributed by atoms with van der Waals surface area (Å²) in [7, 11) is 3.13. The molecule has 0 unspecified atom stereocenters. The average Bonchev–Trinajstić information content (AvgIpc) is 2.95. The minimum atomic E-state index is -1.14. The average molecular weight is 549 g/mol. The Morgan fingerprint density at radius 3 is 2.33 bits per heavy atom. The lowest BCUT2D eigenvalue weighted by Crippen LogP contribution is -2.33.